The highest BCUT2D eigenvalue weighted by Crippen LogP contribution is 2.40. The van der Waals surface area contributed by atoms with Crippen LogP contribution in [-0.4, -0.2) is 42.9 Å². The van der Waals surface area contributed by atoms with Crippen molar-refractivity contribution < 1.29 is 23.1 Å². The Morgan fingerprint density at radius 1 is 1.05 bits per heavy atom. The lowest BCUT2D eigenvalue weighted by Gasteiger charge is -2.34. The minimum Gasteiger partial charge on any atom is -0.382 e. The summed E-state index contributed by atoms with van der Waals surface area (Å²) in [5.74, 6) is 1.37. The SMILES string of the molecule is Cc1cc(C(C)(O)c2cccc(C(F)(F)F)c2)ccc1-c1nc([C@@H]2CC[C@H]3CCC(=O)N3C2)n2ccnc(N)c12. The first kappa shape index (κ1) is 26.3. The van der Waals surface area contributed by atoms with Crippen LogP contribution in [0.3, 0.4) is 0 Å². The van der Waals surface area contributed by atoms with Gasteiger partial charge in [-0.2, -0.15) is 13.2 Å². The molecule has 6 rings (SSSR count). The van der Waals surface area contributed by atoms with E-state index in [1.165, 1.54) is 19.1 Å². The number of aromatic nitrogens is 3. The van der Waals surface area contributed by atoms with Gasteiger partial charge < -0.3 is 15.7 Å². The predicted octanol–water partition coefficient (Wildman–Crippen LogP) is 5.43. The first-order valence-electron chi connectivity index (χ1n) is 13.4. The van der Waals surface area contributed by atoms with E-state index < -0.39 is 17.3 Å². The van der Waals surface area contributed by atoms with Gasteiger partial charge in [0.05, 0.1) is 5.56 Å². The number of carbonyl (C=O) groups excluding carboxylic acids is 1. The van der Waals surface area contributed by atoms with Gasteiger partial charge in [0.25, 0.3) is 0 Å². The molecule has 1 unspecified atom stereocenters. The number of nitrogens with zero attached hydrogens (tertiary/aromatic N) is 4. The lowest BCUT2D eigenvalue weighted by molar-refractivity contribution is -0.137. The van der Waals surface area contributed by atoms with Gasteiger partial charge in [0.15, 0.2) is 0 Å². The number of imidazole rings is 1. The number of aliphatic hydroxyl groups is 1. The topological polar surface area (TPSA) is 96.8 Å². The zero-order chi connectivity index (χ0) is 28.4. The van der Waals surface area contributed by atoms with E-state index in [-0.39, 0.29) is 17.4 Å². The number of nitrogen functional groups attached to an aromatic ring is 1. The molecule has 40 heavy (non-hydrogen) atoms. The molecular weight excluding hydrogens is 519 g/mol. The van der Waals surface area contributed by atoms with Crippen molar-refractivity contribution in [3.05, 3.63) is 82.9 Å². The number of piperidine rings is 1. The van der Waals surface area contributed by atoms with Crippen LogP contribution in [-0.2, 0) is 16.6 Å². The Kier molecular flexibility index (Phi) is 6.14. The number of hydrogen-bond donors (Lipinski definition) is 2. The van der Waals surface area contributed by atoms with Crippen molar-refractivity contribution in [2.24, 2.45) is 0 Å². The minimum absolute atomic E-state index is 0.0440. The van der Waals surface area contributed by atoms with Crippen molar-refractivity contribution in [2.45, 2.75) is 63.3 Å². The summed E-state index contributed by atoms with van der Waals surface area (Å²) in [6, 6.07) is 10.3. The second kappa shape index (κ2) is 9.33. The number of carbonyl (C=O) groups is 1. The van der Waals surface area contributed by atoms with Crippen LogP contribution in [0.5, 0.6) is 0 Å². The van der Waals surface area contributed by atoms with E-state index in [4.69, 9.17) is 10.7 Å². The number of fused-ring (bicyclic) bond motifs is 2. The Labute approximate surface area is 229 Å². The largest absolute Gasteiger partial charge is 0.416 e. The smallest absolute Gasteiger partial charge is 0.382 e. The molecule has 208 valence electrons. The number of anilines is 1. The van der Waals surface area contributed by atoms with Gasteiger partial charge in [0.1, 0.15) is 28.5 Å². The summed E-state index contributed by atoms with van der Waals surface area (Å²) >= 11 is 0. The fourth-order valence-electron chi connectivity index (χ4n) is 6.24. The molecule has 2 saturated heterocycles. The molecule has 0 saturated carbocycles. The van der Waals surface area contributed by atoms with E-state index in [2.05, 4.69) is 4.98 Å². The summed E-state index contributed by atoms with van der Waals surface area (Å²) in [6.07, 6.45) is 2.29. The maximum atomic E-state index is 13.3. The summed E-state index contributed by atoms with van der Waals surface area (Å²) in [5, 5.41) is 11.4. The molecule has 2 aromatic carbocycles. The van der Waals surface area contributed by atoms with E-state index in [0.717, 1.165) is 48.3 Å². The average Bonchev–Trinajstić information content (AvgIpc) is 3.49. The molecule has 7 nitrogen and oxygen atoms in total. The molecule has 2 aliphatic heterocycles. The molecule has 0 aliphatic carbocycles. The zero-order valence-electron chi connectivity index (χ0n) is 22.2. The molecule has 0 bridgehead atoms. The van der Waals surface area contributed by atoms with Gasteiger partial charge >= 0.3 is 6.18 Å². The van der Waals surface area contributed by atoms with Crippen molar-refractivity contribution in [3.63, 3.8) is 0 Å². The molecule has 4 heterocycles. The van der Waals surface area contributed by atoms with Crippen LogP contribution >= 0.6 is 0 Å². The highest BCUT2D eigenvalue weighted by Gasteiger charge is 2.38. The molecule has 3 atom stereocenters. The Hall–Kier alpha value is -3.92. The fraction of sp³-hybridized carbons (Fsp3) is 0.367. The maximum Gasteiger partial charge on any atom is 0.416 e. The maximum absolute atomic E-state index is 13.3. The third-order valence-electron chi connectivity index (χ3n) is 8.49. The van der Waals surface area contributed by atoms with Crippen molar-refractivity contribution >= 4 is 17.2 Å². The third kappa shape index (κ3) is 4.30. The molecule has 3 N–H and O–H groups in total. The highest BCUT2D eigenvalue weighted by atomic mass is 19.4. The molecule has 10 heteroatoms. The summed E-state index contributed by atoms with van der Waals surface area (Å²) in [7, 11) is 0. The van der Waals surface area contributed by atoms with Gasteiger partial charge in [-0.3, -0.25) is 9.20 Å². The molecule has 0 radical (unpaired) electrons. The van der Waals surface area contributed by atoms with Gasteiger partial charge in [-0.25, -0.2) is 9.97 Å². The Bertz CT molecular complexity index is 1630. The Morgan fingerprint density at radius 3 is 2.55 bits per heavy atom. The number of rotatable bonds is 4. The molecule has 2 fully saturated rings. The first-order chi connectivity index (χ1) is 18.9. The summed E-state index contributed by atoms with van der Waals surface area (Å²) in [5.41, 5.74) is 7.32. The average molecular weight is 550 g/mol. The number of nitrogens with two attached hydrogens (primary N) is 1. The Morgan fingerprint density at radius 2 is 1.80 bits per heavy atom. The summed E-state index contributed by atoms with van der Waals surface area (Å²) in [6.45, 7) is 3.97. The lowest BCUT2D eigenvalue weighted by Crippen LogP contribution is -2.41. The predicted molar refractivity (Wildman–Crippen MR) is 144 cm³/mol. The number of amides is 1. The lowest BCUT2D eigenvalue weighted by atomic mass is 9.85. The van der Waals surface area contributed by atoms with E-state index in [9.17, 15) is 23.1 Å². The van der Waals surface area contributed by atoms with Gasteiger partial charge in [-0.15, -0.1) is 0 Å². The van der Waals surface area contributed by atoms with Crippen molar-refractivity contribution in [3.8, 4) is 11.3 Å². The number of hydrogen-bond acceptors (Lipinski definition) is 5. The van der Waals surface area contributed by atoms with Crippen LogP contribution < -0.4 is 5.73 Å². The molecule has 0 spiro atoms. The van der Waals surface area contributed by atoms with Gasteiger partial charge in [-0.05, 0) is 61.9 Å². The summed E-state index contributed by atoms with van der Waals surface area (Å²) in [4.78, 5) is 23.8. The van der Waals surface area contributed by atoms with Gasteiger partial charge in [-0.1, -0.05) is 30.3 Å². The van der Waals surface area contributed by atoms with Crippen LogP contribution in [0.1, 0.15) is 66.6 Å². The monoisotopic (exact) mass is 549 g/mol. The van der Waals surface area contributed by atoms with Crippen molar-refractivity contribution in [2.75, 3.05) is 12.3 Å². The Balaban J connectivity index is 1.40. The first-order valence-corrected chi connectivity index (χ1v) is 13.4. The van der Waals surface area contributed by atoms with Crippen LogP contribution in [0.25, 0.3) is 16.8 Å². The molecule has 4 aromatic rings. The van der Waals surface area contributed by atoms with Crippen LogP contribution in [0.15, 0.2) is 54.9 Å². The standard InChI is InChI=1S/C30H30F3N5O2/c1-17-14-20(29(2,40)19-4-3-5-21(15-19)30(31,32)33)7-10-23(17)25-26-27(34)35-12-13-37(26)28(36-25)18-6-8-22-9-11-24(39)38(22)16-18/h3-5,7,10,12-15,18,22,40H,6,8-9,11,16H2,1-2H3,(H2,34,35)/t18-,22+,29?/m1/s1. The molecular formula is C30H30F3N5O2. The quantitative estimate of drug-likeness (QED) is 0.354. The zero-order valence-corrected chi connectivity index (χ0v) is 22.2. The van der Waals surface area contributed by atoms with E-state index in [1.807, 2.05) is 28.5 Å². The highest BCUT2D eigenvalue weighted by molar-refractivity contribution is 5.87. The summed E-state index contributed by atoms with van der Waals surface area (Å²) < 4.78 is 41.9. The molecule has 2 aromatic heterocycles. The van der Waals surface area contributed by atoms with E-state index in [1.54, 1.807) is 18.3 Å². The van der Waals surface area contributed by atoms with Crippen LogP contribution in [0, 0.1) is 6.92 Å². The number of benzene rings is 2. The van der Waals surface area contributed by atoms with E-state index >= 15 is 0 Å². The number of alkyl halides is 3. The second-order valence-corrected chi connectivity index (χ2v) is 11.0. The number of aryl methyl sites for hydroxylation is 1. The van der Waals surface area contributed by atoms with Crippen molar-refractivity contribution in [1.82, 2.24) is 19.3 Å². The number of halogens is 3. The second-order valence-electron chi connectivity index (χ2n) is 11.0. The van der Waals surface area contributed by atoms with E-state index in [0.29, 0.717) is 41.6 Å². The van der Waals surface area contributed by atoms with Crippen molar-refractivity contribution in [1.29, 1.82) is 0 Å². The molecule has 1 amide bonds. The third-order valence-corrected chi connectivity index (χ3v) is 8.49. The van der Waals surface area contributed by atoms with Crippen LogP contribution in [0.4, 0.5) is 19.0 Å². The van der Waals surface area contributed by atoms with Gasteiger partial charge in [0.2, 0.25) is 5.91 Å². The normalized spacial score (nSPS) is 21.1. The van der Waals surface area contributed by atoms with Crippen LogP contribution in [0.2, 0.25) is 0 Å². The van der Waals surface area contributed by atoms with Gasteiger partial charge in [0, 0.05) is 42.9 Å². The molecule has 2 aliphatic rings. The minimum atomic E-state index is -4.51. The fourth-order valence-corrected chi connectivity index (χ4v) is 6.24.